The SMILES string of the molecule is CS(=O)(=O)c1ccc(-c2ccc(F)s2)c(NS(=O)(=O)c2cc(C(=O)O)ccc2Br)c1. The van der Waals surface area contributed by atoms with E-state index < -0.39 is 31.0 Å². The topological polar surface area (TPSA) is 118 Å². The molecular weight excluding hydrogens is 521 g/mol. The molecule has 0 unspecified atom stereocenters. The largest absolute Gasteiger partial charge is 0.478 e. The number of hydrogen-bond acceptors (Lipinski definition) is 6. The van der Waals surface area contributed by atoms with Gasteiger partial charge >= 0.3 is 5.97 Å². The maximum absolute atomic E-state index is 13.5. The lowest BCUT2D eigenvalue weighted by Gasteiger charge is -2.14. The van der Waals surface area contributed by atoms with Crippen molar-refractivity contribution in [2.24, 2.45) is 0 Å². The van der Waals surface area contributed by atoms with Crippen LogP contribution in [0.5, 0.6) is 0 Å². The average Bonchev–Trinajstić information content (AvgIpc) is 3.06. The molecule has 2 aromatic carbocycles. The van der Waals surface area contributed by atoms with Gasteiger partial charge in [0.1, 0.15) is 4.90 Å². The molecule has 0 radical (unpaired) electrons. The Morgan fingerprint density at radius 2 is 1.77 bits per heavy atom. The number of thiophene rings is 1. The number of rotatable bonds is 6. The molecule has 0 amide bonds. The zero-order chi connectivity index (χ0) is 22.3. The molecule has 0 bridgehead atoms. The molecule has 7 nitrogen and oxygen atoms in total. The number of sulfone groups is 1. The molecule has 1 heterocycles. The number of hydrogen-bond donors (Lipinski definition) is 2. The molecule has 3 aromatic rings. The van der Waals surface area contributed by atoms with E-state index >= 15 is 0 Å². The summed E-state index contributed by atoms with van der Waals surface area (Å²) in [6.07, 6.45) is 0.970. The van der Waals surface area contributed by atoms with Gasteiger partial charge in [0.25, 0.3) is 10.0 Å². The Morgan fingerprint density at radius 1 is 1.07 bits per heavy atom. The molecule has 158 valence electrons. The Labute approximate surface area is 184 Å². The first-order valence-electron chi connectivity index (χ1n) is 8.04. The number of carboxylic acid groups (broad SMARTS) is 1. The van der Waals surface area contributed by atoms with E-state index in [2.05, 4.69) is 20.7 Å². The zero-order valence-electron chi connectivity index (χ0n) is 15.1. The first-order chi connectivity index (χ1) is 13.9. The van der Waals surface area contributed by atoms with Crippen molar-refractivity contribution < 1.29 is 31.1 Å². The van der Waals surface area contributed by atoms with Gasteiger partial charge in [-0.05, 0) is 58.4 Å². The molecule has 0 atom stereocenters. The third kappa shape index (κ3) is 4.72. The van der Waals surface area contributed by atoms with Crippen molar-refractivity contribution in [2.75, 3.05) is 11.0 Å². The van der Waals surface area contributed by atoms with E-state index in [-0.39, 0.29) is 31.1 Å². The first-order valence-corrected chi connectivity index (χ1v) is 13.0. The number of aromatic carboxylic acids is 1. The van der Waals surface area contributed by atoms with E-state index in [9.17, 15) is 26.0 Å². The Kier molecular flexibility index (Phi) is 6.05. The lowest BCUT2D eigenvalue weighted by molar-refractivity contribution is 0.0696. The fourth-order valence-corrected chi connectivity index (χ4v) is 6.03. The third-order valence-corrected chi connectivity index (χ3v) is 8.35. The van der Waals surface area contributed by atoms with Crippen molar-refractivity contribution in [1.29, 1.82) is 0 Å². The summed E-state index contributed by atoms with van der Waals surface area (Å²) in [5, 5.41) is 8.65. The Morgan fingerprint density at radius 3 is 2.33 bits per heavy atom. The van der Waals surface area contributed by atoms with Crippen LogP contribution in [0.1, 0.15) is 10.4 Å². The van der Waals surface area contributed by atoms with E-state index in [0.717, 1.165) is 29.7 Å². The molecule has 3 rings (SSSR count). The van der Waals surface area contributed by atoms with Gasteiger partial charge < -0.3 is 5.11 Å². The van der Waals surface area contributed by atoms with Crippen LogP contribution in [0.4, 0.5) is 10.1 Å². The van der Waals surface area contributed by atoms with Crippen LogP contribution < -0.4 is 4.72 Å². The predicted molar refractivity (Wildman–Crippen MR) is 115 cm³/mol. The van der Waals surface area contributed by atoms with Gasteiger partial charge in [0.2, 0.25) is 0 Å². The third-order valence-electron chi connectivity index (χ3n) is 3.97. The van der Waals surface area contributed by atoms with Crippen LogP contribution >= 0.6 is 27.3 Å². The Bertz CT molecular complexity index is 1370. The molecule has 0 aliphatic rings. The molecule has 0 saturated heterocycles. The lowest BCUT2D eigenvalue weighted by Crippen LogP contribution is -2.15. The number of carboxylic acids is 1. The summed E-state index contributed by atoms with van der Waals surface area (Å²) in [5.41, 5.74) is -0.0678. The molecule has 2 N–H and O–H groups in total. The van der Waals surface area contributed by atoms with Crippen LogP contribution in [0, 0.1) is 5.13 Å². The van der Waals surface area contributed by atoms with E-state index in [1.165, 1.54) is 36.4 Å². The van der Waals surface area contributed by atoms with E-state index in [1.807, 2.05) is 0 Å². The van der Waals surface area contributed by atoms with Gasteiger partial charge in [-0.25, -0.2) is 21.6 Å². The van der Waals surface area contributed by atoms with Crippen molar-refractivity contribution in [3.63, 3.8) is 0 Å². The molecular formula is C18H13BrFNO6S3. The molecule has 30 heavy (non-hydrogen) atoms. The zero-order valence-corrected chi connectivity index (χ0v) is 19.1. The molecule has 0 saturated carbocycles. The van der Waals surface area contributed by atoms with E-state index in [0.29, 0.717) is 4.88 Å². The van der Waals surface area contributed by atoms with Crippen LogP contribution in [0.15, 0.2) is 62.8 Å². The van der Waals surface area contributed by atoms with Gasteiger partial charge in [0.15, 0.2) is 15.0 Å². The van der Waals surface area contributed by atoms with Crippen LogP contribution in [0.25, 0.3) is 10.4 Å². The number of nitrogens with one attached hydrogen (secondary N) is 1. The summed E-state index contributed by atoms with van der Waals surface area (Å²) in [4.78, 5) is 11.1. The number of halogens is 2. The summed E-state index contributed by atoms with van der Waals surface area (Å²) in [6.45, 7) is 0. The highest BCUT2D eigenvalue weighted by Crippen LogP contribution is 2.36. The van der Waals surface area contributed by atoms with Gasteiger partial charge in [0.05, 0.1) is 16.1 Å². The second kappa shape index (κ2) is 8.10. The minimum atomic E-state index is -4.33. The highest BCUT2D eigenvalue weighted by molar-refractivity contribution is 9.10. The quantitative estimate of drug-likeness (QED) is 0.489. The number of sulfonamides is 1. The number of anilines is 1. The first kappa shape index (κ1) is 22.4. The van der Waals surface area contributed by atoms with Gasteiger partial charge in [-0.2, -0.15) is 4.39 Å². The van der Waals surface area contributed by atoms with E-state index in [1.54, 1.807) is 0 Å². The van der Waals surface area contributed by atoms with Gasteiger partial charge in [-0.15, -0.1) is 11.3 Å². The maximum atomic E-state index is 13.5. The maximum Gasteiger partial charge on any atom is 0.335 e. The standard InChI is InChI=1S/C18H13BrFNO6S3/c1-29(24,25)11-3-4-12(15-6-7-17(20)28-15)14(9-11)21-30(26,27)16-8-10(18(22)23)2-5-13(16)19/h2-9,21H,1H3,(H,22,23). The minimum Gasteiger partial charge on any atom is -0.478 e. The highest BCUT2D eigenvalue weighted by Gasteiger charge is 2.23. The monoisotopic (exact) mass is 533 g/mol. The van der Waals surface area contributed by atoms with Gasteiger partial charge in [-0.3, -0.25) is 4.72 Å². The lowest BCUT2D eigenvalue weighted by atomic mass is 10.1. The van der Waals surface area contributed by atoms with E-state index in [4.69, 9.17) is 5.11 Å². The second-order valence-corrected chi connectivity index (χ2v) is 11.7. The summed E-state index contributed by atoms with van der Waals surface area (Å²) in [6, 6.07) is 9.93. The molecule has 1 aromatic heterocycles. The van der Waals surface area contributed by atoms with Crippen LogP contribution in [-0.2, 0) is 19.9 Å². The Hall–Kier alpha value is -2.28. The van der Waals surface area contributed by atoms with Crippen molar-refractivity contribution in [3.8, 4) is 10.4 Å². The van der Waals surface area contributed by atoms with Crippen LogP contribution in [0.2, 0.25) is 0 Å². The smallest absolute Gasteiger partial charge is 0.335 e. The molecule has 0 aliphatic heterocycles. The number of benzene rings is 2. The molecule has 0 fully saturated rings. The second-order valence-electron chi connectivity index (χ2n) is 6.14. The predicted octanol–water partition coefficient (Wildman–Crippen LogP) is 4.22. The van der Waals surface area contributed by atoms with Crippen molar-refractivity contribution in [3.05, 3.63) is 63.7 Å². The fourth-order valence-electron chi connectivity index (χ4n) is 2.55. The summed E-state index contributed by atoms with van der Waals surface area (Å²) >= 11 is 3.85. The van der Waals surface area contributed by atoms with Gasteiger partial charge in [0, 0.05) is 21.2 Å². The van der Waals surface area contributed by atoms with Crippen molar-refractivity contribution >= 4 is 58.8 Å². The summed E-state index contributed by atoms with van der Waals surface area (Å²) in [5.74, 6) is -1.31. The average molecular weight is 534 g/mol. The molecule has 0 spiro atoms. The number of carbonyl (C=O) groups is 1. The summed E-state index contributed by atoms with van der Waals surface area (Å²) in [7, 11) is -7.99. The van der Waals surface area contributed by atoms with Crippen molar-refractivity contribution in [1.82, 2.24) is 0 Å². The molecule has 0 aliphatic carbocycles. The van der Waals surface area contributed by atoms with Crippen molar-refractivity contribution in [2.45, 2.75) is 9.79 Å². The Balaban J connectivity index is 2.17. The molecule has 12 heteroatoms. The van der Waals surface area contributed by atoms with Gasteiger partial charge in [-0.1, -0.05) is 6.07 Å². The fraction of sp³-hybridized carbons (Fsp3) is 0.0556. The minimum absolute atomic E-state index is 0.0904. The highest BCUT2D eigenvalue weighted by atomic mass is 79.9. The van der Waals surface area contributed by atoms with Crippen LogP contribution in [0.3, 0.4) is 0 Å². The normalized spacial score (nSPS) is 12.0. The van der Waals surface area contributed by atoms with Crippen LogP contribution in [-0.4, -0.2) is 34.2 Å². The summed E-state index contributed by atoms with van der Waals surface area (Å²) < 4.78 is 65.8.